The molecule has 4 N–H and O–H groups in total. The number of alkyl carbamates (subject to hydrolysis) is 1. The number of nitrogens with zero attached hydrogens (tertiary/aromatic N) is 5. The van der Waals surface area contributed by atoms with Crippen molar-refractivity contribution < 1.29 is 36.3 Å². The SMILES string of the molecule is C=N/C=N\N(c1cc(C(COC(=O)NCC(F)F)N(C=N)C(=O)c2ccc(/C(C=NC)=C/NCF)cc2)ccc1Cl)C(F)F.CC(C)(C)C.CNC. The standard InChI is InChI=1S/C27H28ClF5N8O3.C5H12.C2H7N/c1-35-10-20(11-37-14-29)17-3-5-18(6-4-17)25(42)40(15-34)23(13-44-27(43)38-12-24(30)31)19-7-8-21(28)22(9-19)41(26(32)33)39-16-36-2;1-5(2,3)4;1-3-2/h3-11,15-16,23-24,26,34,37H,2,12-14H2,1H3,(H,38,43);1-4H3;3H,1-2H3/b20-11+,34-15?,35-10?,39-16-;;. The van der Waals surface area contributed by atoms with Crippen molar-refractivity contribution in [2.75, 3.05) is 46.1 Å². The lowest BCUT2D eigenvalue weighted by Crippen LogP contribution is -2.38. The fourth-order valence-corrected chi connectivity index (χ4v) is 3.86. The fourth-order valence-electron chi connectivity index (χ4n) is 3.65. The Bertz CT molecular complexity index is 1480. The summed E-state index contributed by atoms with van der Waals surface area (Å²) in [6.07, 6.45) is 0.113. The first-order valence-corrected chi connectivity index (χ1v) is 15.8. The molecule has 0 bridgehead atoms. The van der Waals surface area contributed by atoms with E-state index in [9.17, 15) is 31.5 Å². The Morgan fingerprint density at radius 1 is 1.06 bits per heavy atom. The summed E-state index contributed by atoms with van der Waals surface area (Å²) in [5.41, 5.74) is 1.36. The van der Waals surface area contributed by atoms with Crippen LogP contribution in [0.5, 0.6) is 0 Å². The summed E-state index contributed by atoms with van der Waals surface area (Å²) in [6, 6.07) is 8.27. The lowest BCUT2D eigenvalue weighted by molar-refractivity contribution is 0.0703. The molecule has 0 spiro atoms. The molecule has 0 saturated heterocycles. The van der Waals surface area contributed by atoms with Gasteiger partial charge in [-0.3, -0.25) is 25.1 Å². The van der Waals surface area contributed by atoms with Crippen molar-refractivity contribution in [2.24, 2.45) is 20.5 Å². The number of alkyl halides is 5. The number of anilines is 1. The first-order chi connectivity index (χ1) is 24.5. The Morgan fingerprint density at radius 3 is 2.12 bits per heavy atom. The highest BCUT2D eigenvalue weighted by atomic mass is 35.5. The molecule has 12 nitrogen and oxygen atoms in total. The minimum atomic E-state index is -3.19. The zero-order valence-corrected chi connectivity index (χ0v) is 30.9. The fraction of sp³-hybridized carbons (Fsp3) is 0.412. The van der Waals surface area contributed by atoms with Crippen molar-refractivity contribution in [1.82, 2.24) is 20.9 Å². The third kappa shape index (κ3) is 18.4. The van der Waals surface area contributed by atoms with Crippen molar-refractivity contribution in [2.45, 2.75) is 46.7 Å². The summed E-state index contributed by atoms with van der Waals surface area (Å²) < 4.78 is 70.4. The van der Waals surface area contributed by atoms with Crippen LogP contribution in [0.3, 0.4) is 0 Å². The van der Waals surface area contributed by atoms with E-state index < -0.39 is 51.0 Å². The third-order valence-electron chi connectivity index (χ3n) is 5.59. The molecule has 2 rings (SSSR count). The Labute approximate surface area is 306 Å². The molecule has 2 aromatic carbocycles. The minimum absolute atomic E-state index is 0.0562. The minimum Gasteiger partial charge on any atom is -0.447 e. The van der Waals surface area contributed by atoms with Crippen LogP contribution in [0.15, 0.2) is 63.8 Å². The molecule has 0 aliphatic heterocycles. The number of rotatable bonds is 16. The van der Waals surface area contributed by atoms with Crippen LogP contribution < -0.4 is 21.0 Å². The second kappa shape index (κ2) is 25.1. The normalized spacial score (nSPS) is 12.0. The van der Waals surface area contributed by atoms with Gasteiger partial charge in [-0.1, -0.05) is 57.5 Å². The Morgan fingerprint density at radius 2 is 1.63 bits per heavy atom. The van der Waals surface area contributed by atoms with Gasteiger partial charge in [0.1, 0.15) is 12.9 Å². The number of amides is 2. The largest absolute Gasteiger partial charge is 0.447 e. The first kappa shape index (κ1) is 47.1. The maximum absolute atomic E-state index is 13.8. The highest BCUT2D eigenvalue weighted by Gasteiger charge is 2.29. The zero-order chi connectivity index (χ0) is 39.9. The number of halogens is 6. The average Bonchev–Trinajstić information content (AvgIpc) is 3.08. The second-order valence-corrected chi connectivity index (χ2v) is 12.3. The number of carbonyl (C=O) groups excluding carboxylic acids is 2. The highest BCUT2D eigenvalue weighted by Crippen LogP contribution is 2.34. The van der Waals surface area contributed by atoms with Crippen LogP contribution in [-0.4, -0.2) is 96.6 Å². The van der Waals surface area contributed by atoms with Gasteiger partial charge >= 0.3 is 12.6 Å². The Kier molecular flexibility index (Phi) is 22.8. The van der Waals surface area contributed by atoms with Crippen LogP contribution in [0.2, 0.25) is 5.02 Å². The molecule has 0 aromatic heterocycles. The molecule has 1 unspecified atom stereocenters. The molecule has 2 amide bonds. The van der Waals surface area contributed by atoms with Gasteiger partial charge in [0.2, 0.25) is 0 Å². The number of hydrogen-bond acceptors (Lipinski definition) is 9. The van der Waals surface area contributed by atoms with E-state index in [-0.39, 0.29) is 26.8 Å². The predicted octanol–water partition coefficient (Wildman–Crippen LogP) is 7.24. The van der Waals surface area contributed by atoms with Crippen LogP contribution in [0.1, 0.15) is 55.2 Å². The van der Waals surface area contributed by atoms with E-state index in [0.29, 0.717) is 22.9 Å². The van der Waals surface area contributed by atoms with E-state index in [1.54, 1.807) is 12.1 Å². The number of hydrazone groups is 1. The van der Waals surface area contributed by atoms with Gasteiger partial charge < -0.3 is 20.7 Å². The smallest absolute Gasteiger partial charge is 0.407 e. The topological polar surface area (TPSA) is 147 Å². The van der Waals surface area contributed by atoms with Crippen LogP contribution in [0, 0.1) is 10.8 Å². The van der Waals surface area contributed by atoms with Crippen LogP contribution in [0.25, 0.3) is 5.57 Å². The molecule has 288 valence electrons. The molecule has 0 fully saturated rings. The molecule has 0 radical (unpaired) electrons. The molecular formula is C34H47ClF5N9O3. The zero-order valence-electron chi connectivity index (χ0n) is 30.1. The quantitative estimate of drug-likeness (QED) is 0.0467. The predicted molar refractivity (Wildman–Crippen MR) is 199 cm³/mol. The summed E-state index contributed by atoms with van der Waals surface area (Å²) >= 11 is 6.16. The number of benzene rings is 2. The Hall–Kier alpha value is -4.90. The van der Waals surface area contributed by atoms with Gasteiger partial charge in [-0.15, -0.1) is 0 Å². The second-order valence-electron chi connectivity index (χ2n) is 11.9. The van der Waals surface area contributed by atoms with Crippen LogP contribution >= 0.6 is 11.6 Å². The van der Waals surface area contributed by atoms with Gasteiger partial charge in [-0.2, -0.15) is 13.9 Å². The summed E-state index contributed by atoms with van der Waals surface area (Å²) in [5, 5.41) is 18.5. The van der Waals surface area contributed by atoms with E-state index in [1.807, 2.05) is 19.4 Å². The van der Waals surface area contributed by atoms with E-state index in [0.717, 1.165) is 17.3 Å². The van der Waals surface area contributed by atoms with E-state index in [4.69, 9.17) is 21.7 Å². The molecule has 0 heterocycles. The number of aliphatic imine (C=N–C) groups is 2. The molecule has 1 atom stereocenters. The monoisotopic (exact) mass is 759 g/mol. The van der Waals surface area contributed by atoms with E-state index >= 15 is 0 Å². The van der Waals surface area contributed by atoms with Crippen LogP contribution in [0.4, 0.5) is 32.4 Å². The summed E-state index contributed by atoms with van der Waals surface area (Å²) in [7, 11) is 5.27. The molecule has 0 aliphatic rings. The molecular weight excluding hydrogens is 713 g/mol. The molecule has 0 aliphatic carbocycles. The highest BCUT2D eigenvalue weighted by molar-refractivity contribution is 6.33. The average molecular weight is 760 g/mol. The van der Waals surface area contributed by atoms with Gasteiger partial charge in [0.25, 0.3) is 12.3 Å². The van der Waals surface area contributed by atoms with Crippen LogP contribution in [-0.2, 0) is 4.74 Å². The summed E-state index contributed by atoms with van der Waals surface area (Å²) in [4.78, 5) is 33.7. The first-order valence-electron chi connectivity index (χ1n) is 15.5. The maximum atomic E-state index is 13.8. The number of hydrogen-bond donors (Lipinski definition) is 4. The van der Waals surface area contributed by atoms with Crippen molar-refractivity contribution in [3.63, 3.8) is 0 Å². The number of ether oxygens (including phenoxy) is 1. The van der Waals surface area contributed by atoms with Crippen molar-refractivity contribution in [3.8, 4) is 0 Å². The Balaban J connectivity index is 0.00000293. The lowest BCUT2D eigenvalue weighted by Gasteiger charge is -2.29. The number of nitrogens with one attached hydrogen (secondary N) is 4. The van der Waals surface area contributed by atoms with E-state index in [2.05, 4.69) is 60.1 Å². The van der Waals surface area contributed by atoms with Crippen molar-refractivity contribution >= 4 is 60.5 Å². The molecule has 2 aromatic rings. The van der Waals surface area contributed by atoms with Crippen molar-refractivity contribution in [1.29, 1.82) is 5.41 Å². The van der Waals surface area contributed by atoms with Gasteiger partial charge in [0.15, 0.2) is 6.80 Å². The van der Waals surface area contributed by atoms with Gasteiger partial charge in [-0.25, -0.2) is 23.0 Å². The number of allylic oxidation sites excluding steroid dienone is 1. The molecule has 18 heteroatoms. The van der Waals surface area contributed by atoms with Gasteiger partial charge in [0.05, 0.1) is 29.6 Å². The number of carbonyl (C=O) groups is 2. The van der Waals surface area contributed by atoms with Gasteiger partial charge in [0, 0.05) is 30.6 Å². The third-order valence-corrected chi connectivity index (χ3v) is 5.91. The van der Waals surface area contributed by atoms with Gasteiger partial charge in [-0.05, 0) is 61.6 Å². The maximum Gasteiger partial charge on any atom is 0.407 e. The van der Waals surface area contributed by atoms with Crippen molar-refractivity contribution in [3.05, 3.63) is 70.4 Å². The summed E-state index contributed by atoms with van der Waals surface area (Å²) in [6.45, 7) is 6.18. The molecule has 0 saturated carbocycles. The van der Waals surface area contributed by atoms with E-state index in [1.165, 1.54) is 43.7 Å². The molecule has 52 heavy (non-hydrogen) atoms. The lowest BCUT2D eigenvalue weighted by atomic mass is 10.0. The summed E-state index contributed by atoms with van der Waals surface area (Å²) in [5.74, 6) is -0.777.